The molecule has 0 atom stereocenters. The maximum absolute atomic E-state index is 2.64. The second kappa shape index (κ2) is 9.35. The van der Waals surface area contributed by atoms with Gasteiger partial charge in [-0.05, 0) is 81.3 Å². The maximum atomic E-state index is 2.64. The predicted molar refractivity (Wildman–Crippen MR) is 146 cm³/mol. The fraction of sp³-hybridized carbons (Fsp3) is 0.294. The topological polar surface area (TPSA) is 6.48 Å². The molecular formula is C34H34N2. The van der Waals surface area contributed by atoms with Gasteiger partial charge in [0.05, 0.1) is 0 Å². The van der Waals surface area contributed by atoms with Gasteiger partial charge in [-0.15, -0.1) is 0 Å². The Hall–Kier alpha value is -3.20. The van der Waals surface area contributed by atoms with Crippen LogP contribution in [0.1, 0.15) is 55.6 Å². The highest BCUT2D eigenvalue weighted by atomic mass is 15.1. The van der Waals surface area contributed by atoms with Crippen LogP contribution in [0, 0.1) is 0 Å². The quantitative estimate of drug-likeness (QED) is 0.331. The Morgan fingerprint density at radius 1 is 0.389 bits per heavy atom. The second-order valence-corrected chi connectivity index (χ2v) is 10.9. The van der Waals surface area contributed by atoms with Gasteiger partial charge in [0.2, 0.25) is 0 Å². The zero-order valence-corrected chi connectivity index (χ0v) is 21.0. The molecule has 4 aliphatic rings. The van der Waals surface area contributed by atoms with Gasteiger partial charge in [0.1, 0.15) is 0 Å². The van der Waals surface area contributed by atoms with E-state index in [1.165, 1.54) is 11.1 Å². The van der Waals surface area contributed by atoms with E-state index in [0.717, 1.165) is 65.0 Å². The van der Waals surface area contributed by atoms with Crippen LogP contribution >= 0.6 is 0 Å². The highest BCUT2D eigenvalue weighted by molar-refractivity contribution is 5.48. The summed E-state index contributed by atoms with van der Waals surface area (Å²) in [6.45, 7) is 6.44. The summed E-state index contributed by atoms with van der Waals surface area (Å²) in [5, 5.41) is 0. The summed E-state index contributed by atoms with van der Waals surface area (Å²) in [6, 6.07) is 31.7. The normalized spacial score (nSPS) is 17.1. The molecule has 2 heterocycles. The summed E-state index contributed by atoms with van der Waals surface area (Å²) >= 11 is 0. The van der Waals surface area contributed by atoms with Crippen LogP contribution in [-0.4, -0.2) is 9.80 Å². The van der Waals surface area contributed by atoms with Crippen molar-refractivity contribution in [1.29, 1.82) is 0 Å². The van der Waals surface area contributed by atoms with Crippen molar-refractivity contribution in [2.24, 2.45) is 0 Å². The van der Waals surface area contributed by atoms with E-state index in [1.807, 2.05) is 0 Å². The first kappa shape index (κ1) is 22.0. The molecule has 2 aliphatic heterocycles. The van der Waals surface area contributed by atoms with Gasteiger partial charge in [-0.1, -0.05) is 84.9 Å². The molecular weight excluding hydrogens is 436 g/mol. The molecule has 0 aromatic heterocycles. The Bertz CT molecular complexity index is 1220. The van der Waals surface area contributed by atoms with Crippen LogP contribution in [0.4, 0.5) is 0 Å². The molecule has 0 saturated carbocycles. The minimum absolute atomic E-state index is 1.04. The second-order valence-electron chi connectivity index (χ2n) is 10.9. The third-order valence-corrected chi connectivity index (χ3v) is 8.60. The van der Waals surface area contributed by atoms with E-state index in [4.69, 9.17) is 0 Å². The van der Waals surface area contributed by atoms with Crippen molar-refractivity contribution >= 4 is 0 Å². The predicted octanol–water partition coefficient (Wildman–Crippen LogP) is 6.60. The summed E-state index contributed by atoms with van der Waals surface area (Å²) in [4.78, 5) is 5.28. The van der Waals surface area contributed by atoms with Crippen LogP contribution < -0.4 is 0 Å². The SMILES string of the molecule is c1ccc(CN2Cc3c4ccc(c3C2)CCc2ccc(c3c2CN(Cc2ccccc2)C3)CC4)cc1. The van der Waals surface area contributed by atoms with Crippen LogP contribution in [-0.2, 0) is 65.0 Å². The molecule has 2 nitrogen and oxygen atoms in total. The number of hydrogen-bond donors (Lipinski definition) is 0. The van der Waals surface area contributed by atoms with Crippen LogP contribution in [0.2, 0.25) is 0 Å². The van der Waals surface area contributed by atoms with Crippen molar-refractivity contribution < 1.29 is 0 Å². The number of hydrogen-bond acceptors (Lipinski definition) is 2. The lowest BCUT2D eigenvalue weighted by molar-refractivity contribution is 0.274. The molecule has 0 unspecified atom stereocenters. The minimum Gasteiger partial charge on any atom is -0.291 e. The Morgan fingerprint density at radius 2 is 0.694 bits per heavy atom. The zero-order valence-electron chi connectivity index (χ0n) is 21.0. The van der Waals surface area contributed by atoms with Crippen molar-refractivity contribution in [1.82, 2.24) is 9.80 Å². The largest absolute Gasteiger partial charge is 0.291 e. The Kier molecular flexibility index (Phi) is 5.72. The van der Waals surface area contributed by atoms with Crippen LogP contribution in [0.15, 0.2) is 84.9 Å². The monoisotopic (exact) mass is 470 g/mol. The van der Waals surface area contributed by atoms with E-state index in [-0.39, 0.29) is 0 Å². The zero-order chi connectivity index (χ0) is 23.9. The van der Waals surface area contributed by atoms with Gasteiger partial charge in [0.25, 0.3) is 0 Å². The highest BCUT2D eigenvalue weighted by Crippen LogP contribution is 2.36. The summed E-state index contributed by atoms with van der Waals surface area (Å²) in [6.07, 6.45) is 4.58. The number of benzene rings is 4. The van der Waals surface area contributed by atoms with E-state index in [2.05, 4.69) is 94.7 Å². The summed E-state index contributed by atoms with van der Waals surface area (Å²) in [5.74, 6) is 0. The molecule has 180 valence electrons. The van der Waals surface area contributed by atoms with E-state index >= 15 is 0 Å². The molecule has 0 radical (unpaired) electrons. The summed E-state index contributed by atoms with van der Waals surface area (Å²) in [5.41, 5.74) is 15.6. The highest BCUT2D eigenvalue weighted by Gasteiger charge is 2.28. The third kappa shape index (κ3) is 4.19. The molecule has 4 aromatic rings. The van der Waals surface area contributed by atoms with Crippen molar-refractivity contribution in [2.45, 2.75) is 65.0 Å². The molecule has 0 fully saturated rings. The standard InChI is InChI=1S/C34H34N2/c1-3-7-25(8-4-1)19-35-21-31-27-11-12-28(32(31)22-35)16-18-30-14-13-29(17-15-27)33-23-36(24-34(30)33)20-26-9-5-2-6-10-26/h1-14H,15-24H2. The smallest absolute Gasteiger partial charge is 0.0246 e. The molecule has 0 spiro atoms. The van der Waals surface area contributed by atoms with Crippen molar-refractivity contribution in [3.05, 3.63) is 141 Å². The lowest BCUT2D eigenvalue weighted by atomic mass is 9.87. The molecule has 36 heavy (non-hydrogen) atoms. The minimum atomic E-state index is 1.04. The molecule has 8 rings (SSSR count). The molecule has 0 N–H and O–H groups in total. The lowest BCUT2D eigenvalue weighted by Crippen LogP contribution is -2.16. The van der Waals surface area contributed by atoms with Crippen LogP contribution in [0.25, 0.3) is 0 Å². The number of fused-ring (bicyclic) bond motifs is 4. The van der Waals surface area contributed by atoms with Crippen molar-refractivity contribution in [3.63, 3.8) is 0 Å². The average molecular weight is 471 g/mol. The van der Waals surface area contributed by atoms with Crippen molar-refractivity contribution in [3.8, 4) is 0 Å². The summed E-state index contributed by atoms with van der Waals surface area (Å²) < 4.78 is 0. The van der Waals surface area contributed by atoms with E-state index < -0.39 is 0 Å². The molecule has 0 amide bonds. The fourth-order valence-corrected chi connectivity index (χ4v) is 6.76. The first-order chi connectivity index (χ1) is 17.8. The van der Waals surface area contributed by atoms with Gasteiger partial charge < -0.3 is 0 Å². The van der Waals surface area contributed by atoms with Crippen molar-refractivity contribution in [2.75, 3.05) is 0 Å². The molecule has 4 bridgehead atoms. The molecule has 0 saturated heterocycles. The molecule has 4 aromatic carbocycles. The number of aryl methyl sites for hydroxylation is 4. The van der Waals surface area contributed by atoms with Crippen LogP contribution in [0.5, 0.6) is 0 Å². The third-order valence-electron chi connectivity index (χ3n) is 8.60. The van der Waals surface area contributed by atoms with E-state index in [0.29, 0.717) is 0 Å². The number of nitrogens with zero attached hydrogens (tertiary/aromatic N) is 2. The Morgan fingerprint density at radius 3 is 1.00 bits per heavy atom. The maximum Gasteiger partial charge on any atom is 0.0246 e. The lowest BCUT2D eigenvalue weighted by Gasteiger charge is -2.18. The molecule has 2 aliphatic carbocycles. The average Bonchev–Trinajstić information content (AvgIpc) is 3.51. The first-order valence-electron chi connectivity index (χ1n) is 13.6. The van der Waals surface area contributed by atoms with Gasteiger partial charge in [0.15, 0.2) is 0 Å². The van der Waals surface area contributed by atoms with Gasteiger partial charge in [-0.25, -0.2) is 0 Å². The fourth-order valence-electron chi connectivity index (χ4n) is 6.76. The van der Waals surface area contributed by atoms with E-state index in [1.54, 1.807) is 44.5 Å². The van der Waals surface area contributed by atoms with Gasteiger partial charge >= 0.3 is 0 Å². The van der Waals surface area contributed by atoms with Gasteiger partial charge in [-0.3, -0.25) is 9.80 Å². The summed E-state index contributed by atoms with van der Waals surface area (Å²) in [7, 11) is 0. The Balaban J connectivity index is 1.15. The molecule has 2 heteroatoms. The Labute approximate surface area is 215 Å². The first-order valence-corrected chi connectivity index (χ1v) is 13.6. The van der Waals surface area contributed by atoms with Crippen LogP contribution in [0.3, 0.4) is 0 Å². The van der Waals surface area contributed by atoms with Gasteiger partial charge in [-0.2, -0.15) is 0 Å². The number of rotatable bonds is 4. The van der Waals surface area contributed by atoms with Gasteiger partial charge in [0, 0.05) is 39.3 Å². The van der Waals surface area contributed by atoms with E-state index in [9.17, 15) is 0 Å².